The maximum absolute atomic E-state index is 10.8. The van der Waals surface area contributed by atoms with Crippen molar-refractivity contribution in [2.75, 3.05) is 13.2 Å². The van der Waals surface area contributed by atoms with E-state index in [4.69, 9.17) is 11.6 Å². The second-order valence-electron chi connectivity index (χ2n) is 5.44. The van der Waals surface area contributed by atoms with Gasteiger partial charge in [0.1, 0.15) is 0 Å². The van der Waals surface area contributed by atoms with Crippen molar-refractivity contribution in [3.8, 4) is 0 Å². The van der Waals surface area contributed by atoms with Crippen LogP contribution in [0.5, 0.6) is 0 Å². The number of non-ortho nitro benzene ring substituents is 1. The van der Waals surface area contributed by atoms with Gasteiger partial charge in [0.05, 0.1) is 4.92 Å². The molecule has 1 saturated heterocycles. The number of benzene rings is 1. The van der Waals surface area contributed by atoms with Crippen LogP contribution in [-0.4, -0.2) is 34.1 Å². The molecule has 0 amide bonds. The number of likely N-dealkylation sites (tertiary alicyclic amines) is 1. The standard InChI is InChI=1S/C14H19ClN2O3/c1-10-2-3-11(9-18)7-16(10)8-12-6-13(17(19)20)4-5-14(12)15/h4-6,10-11,18H,2-3,7-9H2,1H3. The minimum atomic E-state index is -0.407. The van der Waals surface area contributed by atoms with Gasteiger partial charge in [0, 0.05) is 42.9 Å². The van der Waals surface area contributed by atoms with Crippen LogP contribution in [0.25, 0.3) is 0 Å². The molecule has 1 aromatic carbocycles. The van der Waals surface area contributed by atoms with Crippen LogP contribution in [0, 0.1) is 16.0 Å². The first kappa shape index (κ1) is 15.2. The van der Waals surface area contributed by atoms with Crippen LogP contribution in [0.2, 0.25) is 5.02 Å². The molecule has 0 aromatic heterocycles. The van der Waals surface area contributed by atoms with Crippen LogP contribution in [0.15, 0.2) is 18.2 Å². The zero-order chi connectivity index (χ0) is 14.7. The molecule has 5 nitrogen and oxygen atoms in total. The fourth-order valence-corrected chi connectivity index (χ4v) is 2.82. The molecule has 1 aromatic rings. The summed E-state index contributed by atoms with van der Waals surface area (Å²) in [6, 6.07) is 4.93. The molecular formula is C14H19ClN2O3. The number of nitro groups is 1. The van der Waals surface area contributed by atoms with Gasteiger partial charge in [-0.15, -0.1) is 0 Å². The van der Waals surface area contributed by atoms with Gasteiger partial charge in [-0.3, -0.25) is 15.0 Å². The minimum Gasteiger partial charge on any atom is -0.396 e. The molecule has 1 heterocycles. The fraction of sp³-hybridized carbons (Fsp3) is 0.571. The number of rotatable bonds is 4. The Morgan fingerprint density at radius 1 is 1.50 bits per heavy atom. The molecular weight excluding hydrogens is 280 g/mol. The summed E-state index contributed by atoms with van der Waals surface area (Å²) in [5.74, 6) is 0.281. The lowest BCUT2D eigenvalue weighted by atomic mass is 9.93. The summed E-state index contributed by atoms with van der Waals surface area (Å²) in [6.45, 7) is 3.71. The van der Waals surface area contributed by atoms with Gasteiger partial charge in [0.25, 0.3) is 5.69 Å². The summed E-state index contributed by atoms with van der Waals surface area (Å²) >= 11 is 6.14. The van der Waals surface area contributed by atoms with E-state index in [9.17, 15) is 15.2 Å². The lowest BCUT2D eigenvalue weighted by Crippen LogP contribution is -2.42. The van der Waals surface area contributed by atoms with Crippen LogP contribution in [0.1, 0.15) is 25.3 Å². The molecule has 110 valence electrons. The van der Waals surface area contributed by atoms with E-state index in [-0.39, 0.29) is 18.2 Å². The number of nitro benzene ring substituents is 1. The molecule has 6 heteroatoms. The number of aliphatic hydroxyl groups is 1. The molecule has 2 unspecified atom stereocenters. The average molecular weight is 299 g/mol. The van der Waals surface area contributed by atoms with Gasteiger partial charge in [-0.05, 0) is 37.3 Å². The Kier molecular flexibility index (Phi) is 4.96. The quantitative estimate of drug-likeness (QED) is 0.685. The maximum atomic E-state index is 10.8. The molecule has 1 N–H and O–H groups in total. The second-order valence-corrected chi connectivity index (χ2v) is 5.84. The summed E-state index contributed by atoms with van der Waals surface area (Å²) < 4.78 is 0. The first-order valence-electron chi connectivity index (χ1n) is 6.79. The molecule has 0 spiro atoms. The Hall–Kier alpha value is -1.17. The summed E-state index contributed by atoms with van der Waals surface area (Å²) in [5.41, 5.74) is 0.832. The highest BCUT2D eigenvalue weighted by Crippen LogP contribution is 2.28. The Bertz CT molecular complexity index is 495. The molecule has 1 fully saturated rings. The predicted octanol–water partition coefficient (Wildman–Crippen LogP) is 2.84. The Labute approximate surface area is 123 Å². The third kappa shape index (κ3) is 3.48. The SMILES string of the molecule is CC1CCC(CO)CN1Cc1cc([N+](=O)[O-])ccc1Cl. The lowest BCUT2D eigenvalue weighted by molar-refractivity contribution is -0.384. The molecule has 0 aliphatic carbocycles. The Morgan fingerprint density at radius 2 is 2.25 bits per heavy atom. The highest BCUT2D eigenvalue weighted by atomic mass is 35.5. The number of hydrogen-bond acceptors (Lipinski definition) is 4. The van der Waals surface area contributed by atoms with E-state index in [2.05, 4.69) is 11.8 Å². The molecule has 20 heavy (non-hydrogen) atoms. The van der Waals surface area contributed by atoms with Gasteiger partial charge in [0.15, 0.2) is 0 Å². The van der Waals surface area contributed by atoms with E-state index in [0.717, 1.165) is 24.9 Å². The van der Waals surface area contributed by atoms with E-state index >= 15 is 0 Å². The zero-order valence-corrected chi connectivity index (χ0v) is 12.2. The van der Waals surface area contributed by atoms with E-state index < -0.39 is 4.92 Å². The van der Waals surface area contributed by atoms with Crippen LogP contribution >= 0.6 is 11.6 Å². The summed E-state index contributed by atoms with van der Waals surface area (Å²) in [4.78, 5) is 12.7. The van der Waals surface area contributed by atoms with Crippen LogP contribution in [-0.2, 0) is 6.54 Å². The number of aliphatic hydroxyl groups excluding tert-OH is 1. The highest BCUT2D eigenvalue weighted by Gasteiger charge is 2.25. The molecule has 0 saturated carbocycles. The largest absolute Gasteiger partial charge is 0.396 e. The van der Waals surface area contributed by atoms with E-state index in [1.165, 1.54) is 12.1 Å². The van der Waals surface area contributed by atoms with E-state index in [1.807, 2.05) is 0 Å². The Morgan fingerprint density at radius 3 is 2.90 bits per heavy atom. The lowest BCUT2D eigenvalue weighted by Gasteiger charge is -2.37. The molecule has 0 radical (unpaired) electrons. The molecule has 0 bridgehead atoms. The van der Waals surface area contributed by atoms with Crippen molar-refractivity contribution >= 4 is 17.3 Å². The van der Waals surface area contributed by atoms with Gasteiger partial charge < -0.3 is 5.11 Å². The van der Waals surface area contributed by atoms with Gasteiger partial charge in [-0.1, -0.05) is 11.6 Å². The van der Waals surface area contributed by atoms with Gasteiger partial charge >= 0.3 is 0 Å². The first-order chi connectivity index (χ1) is 9.51. The minimum absolute atomic E-state index is 0.0628. The second kappa shape index (κ2) is 6.52. The van der Waals surface area contributed by atoms with Crippen LogP contribution in [0.4, 0.5) is 5.69 Å². The maximum Gasteiger partial charge on any atom is 0.269 e. The van der Waals surface area contributed by atoms with Gasteiger partial charge in [-0.2, -0.15) is 0 Å². The van der Waals surface area contributed by atoms with Crippen LogP contribution in [0.3, 0.4) is 0 Å². The normalized spacial score (nSPS) is 23.8. The number of hydrogen-bond donors (Lipinski definition) is 1. The summed E-state index contributed by atoms with van der Waals surface area (Å²) in [7, 11) is 0. The third-order valence-electron chi connectivity index (χ3n) is 3.98. The number of piperidine rings is 1. The smallest absolute Gasteiger partial charge is 0.269 e. The number of halogens is 1. The predicted molar refractivity (Wildman–Crippen MR) is 77.8 cm³/mol. The average Bonchev–Trinajstić information content (AvgIpc) is 2.43. The Balaban J connectivity index is 2.15. The monoisotopic (exact) mass is 298 g/mol. The van der Waals surface area contributed by atoms with Crippen molar-refractivity contribution in [2.24, 2.45) is 5.92 Å². The molecule has 2 atom stereocenters. The van der Waals surface area contributed by atoms with Crippen molar-refractivity contribution in [1.29, 1.82) is 0 Å². The molecule has 1 aliphatic rings. The van der Waals surface area contributed by atoms with Crippen molar-refractivity contribution in [1.82, 2.24) is 4.90 Å². The zero-order valence-electron chi connectivity index (χ0n) is 11.5. The van der Waals surface area contributed by atoms with E-state index in [1.54, 1.807) is 6.07 Å². The van der Waals surface area contributed by atoms with Crippen molar-refractivity contribution in [3.05, 3.63) is 38.9 Å². The van der Waals surface area contributed by atoms with Crippen molar-refractivity contribution < 1.29 is 10.0 Å². The van der Waals surface area contributed by atoms with Gasteiger partial charge in [-0.25, -0.2) is 0 Å². The summed E-state index contributed by atoms with van der Waals surface area (Å²) in [5, 5.41) is 20.7. The molecule has 1 aliphatic heterocycles. The number of nitrogens with zero attached hydrogens (tertiary/aromatic N) is 2. The van der Waals surface area contributed by atoms with Crippen LogP contribution < -0.4 is 0 Å². The third-order valence-corrected chi connectivity index (χ3v) is 4.35. The van der Waals surface area contributed by atoms with Gasteiger partial charge in [0.2, 0.25) is 0 Å². The van der Waals surface area contributed by atoms with Crippen molar-refractivity contribution in [2.45, 2.75) is 32.4 Å². The van der Waals surface area contributed by atoms with E-state index in [0.29, 0.717) is 17.6 Å². The topological polar surface area (TPSA) is 66.6 Å². The highest BCUT2D eigenvalue weighted by molar-refractivity contribution is 6.31. The summed E-state index contributed by atoms with van der Waals surface area (Å²) in [6.07, 6.45) is 2.05. The molecule has 2 rings (SSSR count). The first-order valence-corrected chi connectivity index (χ1v) is 7.16. The fourth-order valence-electron chi connectivity index (χ4n) is 2.65. The van der Waals surface area contributed by atoms with Crippen molar-refractivity contribution in [3.63, 3.8) is 0 Å².